The molecule has 0 radical (unpaired) electrons. The van der Waals surface area contributed by atoms with E-state index in [9.17, 15) is 4.79 Å². The number of hydrogen-bond acceptors (Lipinski definition) is 5. The van der Waals surface area contributed by atoms with Crippen LogP contribution < -0.4 is 10.6 Å². The molecule has 0 bridgehead atoms. The van der Waals surface area contributed by atoms with Crippen molar-refractivity contribution in [3.63, 3.8) is 0 Å². The number of ether oxygens (including phenoxy) is 1. The summed E-state index contributed by atoms with van der Waals surface area (Å²) < 4.78 is 5.42. The lowest BCUT2D eigenvalue weighted by atomic mass is 9.80. The number of rotatable bonds is 7. The highest BCUT2D eigenvalue weighted by Gasteiger charge is 2.34. The summed E-state index contributed by atoms with van der Waals surface area (Å²) in [5, 5.41) is 13.4. The van der Waals surface area contributed by atoms with Gasteiger partial charge in [-0.05, 0) is 30.9 Å². The second-order valence-electron chi connectivity index (χ2n) is 6.85. The molecule has 1 aliphatic rings. The van der Waals surface area contributed by atoms with Crippen LogP contribution in [-0.4, -0.2) is 33.9 Å². The van der Waals surface area contributed by atoms with Gasteiger partial charge in [-0.15, -0.1) is 0 Å². The maximum absolute atomic E-state index is 11.8. The first kappa shape index (κ1) is 17.3. The van der Waals surface area contributed by atoms with Crippen LogP contribution in [0.1, 0.15) is 44.0 Å². The van der Waals surface area contributed by atoms with Crippen molar-refractivity contribution in [2.24, 2.45) is 5.92 Å². The van der Waals surface area contributed by atoms with Crippen molar-refractivity contribution in [2.75, 3.05) is 11.9 Å². The fraction of sp³-hybridized carbons (Fsp3) is 0.500. The zero-order valence-electron chi connectivity index (χ0n) is 14.7. The van der Waals surface area contributed by atoms with E-state index in [4.69, 9.17) is 4.74 Å². The standard InChI is InChI=1S/C18H25N5O2/c1-12(2)10-20-17-9-16(22-23-17)13-7-15(8-13)25-18(24)21-11-14-5-3-4-6-19-14/h3-6,9,12-13,15H,7-8,10-11H2,1-2H3,(H,21,24)(H2,20,22,23). The van der Waals surface area contributed by atoms with Crippen LogP contribution in [0.4, 0.5) is 10.6 Å². The van der Waals surface area contributed by atoms with Crippen LogP contribution in [0.15, 0.2) is 30.5 Å². The number of pyridine rings is 1. The Kier molecular flexibility index (Phi) is 5.53. The van der Waals surface area contributed by atoms with Crippen molar-refractivity contribution in [2.45, 2.75) is 45.3 Å². The van der Waals surface area contributed by atoms with E-state index in [-0.39, 0.29) is 6.10 Å². The van der Waals surface area contributed by atoms with Crippen LogP contribution in [0.25, 0.3) is 0 Å². The molecule has 0 aliphatic heterocycles. The summed E-state index contributed by atoms with van der Waals surface area (Å²) in [5.41, 5.74) is 1.91. The molecule has 7 nitrogen and oxygen atoms in total. The van der Waals surface area contributed by atoms with E-state index in [0.717, 1.165) is 36.6 Å². The van der Waals surface area contributed by atoms with Crippen molar-refractivity contribution in [3.8, 4) is 0 Å². The lowest BCUT2D eigenvalue weighted by Crippen LogP contribution is -2.36. The second-order valence-corrected chi connectivity index (χ2v) is 6.85. The highest BCUT2D eigenvalue weighted by molar-refractivity contribution is 5.67. The molecule has 3 rings (SSSR count). The van der Waals surface area contributed by atoms with Crippen molar-refractivity contribution >= 4 is 11.9 Å². The van der Waals surface area contributed by atoms with E-state index in [2.05, 4.69) is 39.7 Å². The number of H-pyrrole nitrogens is 1. The summed E-state index contributed by atoms with van der Waals surface area (Å²) in [4.78, 5) is 16.0. The van der Waals surface area contributed by atoms with Gasteiger partial charge in [-0.25, -0.2) is 4.79 Å². The molecule has 0 spiro atoms. The van der Waals surface area contributed by atoms with Gasteiger partial charge >= 0.3 is 6.09 Å². The van der Waals surface area contributed by atoms with Crippen LogP contribution in [0, 0.1) is 5.92 Å². The highest BCUT2D eigenvalue weighted by atomic mass is 16.6. The predicted molar refractivity (Wildman–Crippen MR) is 95.2 cm³/mol. The van der Waals surface area contributed by atoms with Crippen LogP contribution >= 0.6 is 0 Å². The van der Waals surface area contributed by atoms with Crippen molar-refractivity contribution < 1.29 is 9.53 Å². The first-order valence-electron chi connectivity index (χ1n) is 8.73. The number of nitrogens with one attached hydrogen (secondary N) is 3. The third-order valence-electron chi connectivity index (χ3n) is 4.24. The molecule has 1 saturated carbocycles. The molecular formula is C18H25N5O2. The average molecular weight is 343 g/mol. The third kappa shape index (κ3) is 4.95. The number of alkyl carbamates (subject to hydrolysis) is 1. The van der Waals surface area contributed by atoms with Crippen LogP contribution in [0.5, 0.6) is 0 Å². The Balaban J connectivity index is 1.37. The Morgan fingerprint density at radius 3 is 2.96 bits per heavy atom. The number of amides is 1. The van der Waals surface area contributed by atoms with Crippen LogP contribution in [0.3, 0.4) is 0 Å². The molecule has 1 fully saturated rings. The second kappa shape index (κ2) is 8.00. The molecule has 2 aromatic rings. The molecule has 2 aromatic heterocycles. The SMILES string of the molecule is CC(C)CNc1cc(C2CC(OC(=O)NCc3ccccn3)C2)[nH]n1. The molecular weight excluding hydrogens is 318 g/mol. The summed E-state index contributed by atoms with van der Waals surface area (Å²) in [5.74, 6) is 1.82. The topological polar surface area (TPSA) is 91.9 Å². The van der Waals surface area contributed by atoms with Crippen LogP contribution in [0.2, 0.25) is 0 Å². The van der Waals surface area contributed by atoms with Gasteiger partial charge in [0.25, 0.3) is 0 Å². The Bertz CT molecular complexity index is 680. The Morgan fingerprint density at radius 1 is 1.40 bits per heavy atom. The van der Waals surface area contributed by atoms with Gasteiger partial charge in [-0.3, -0.25) is 10.1 Å². The Morgan fingerprint density at radius 2 is 2.24 bits per heavy atom. The fourth-order valence-electron chi connectivity index (χ4n) is 2.72. The van der Waals surface area contributed by atoms with E-state index in [1.807, 2.05) is 24.3 Å². The van der Waals surface area contributed by atoms with Gasteiger partial charge in [-0.1, -0.05) is 19.9 Å². The summed E-state index contributed by atoms with van der Waals surface area (Å²) in [6.45, 7) is 5.60. The maximum Gasteiger partial charge on any atom is 0.407 e. The molecule has 0 saturated heterocycles. The smallest absolute Gasteiger partial charge is 0.407 e. The normalized spacial score (nSPS) is 19.3. The molecule has 3 N–H and O–H groups in total. The number of aromatic nitrogens is 3. The zero-order valence-corrected chi connectivity index (χ0v) is 14.7. The lowest BCUT2D eigenvalue weighted by molar-refractivity contribution is 0.0382. The highest BCUT2D eigenvalue weighted by Crippen LogP contribution is 2.38. The number of hydrogen-bond donors (Lipinski definition) is 3. The first-order chi connectivity index (χ1) is 12.1. The molecule has 0 unspecified atom stereocenters. The fourth-order valence-corrected chi connectivity index (χ4v) is 2.72. The van der Waals surface area contributed by atoms with Gasteiger partial charge in [0, 0.05) is 30.4 Å². The lowest BCUT2D eigenvalue weighted by Gasteiger charge is -2.33. The Hall–Kier alpha value is -2.57. The largest absolute Gasteiger partial charge is 0.446 e. The van der Waals surface area contributed by atoms with E-state index < -0.39 is 6.09 Å². The average Bonchev–Trinajstić information content (AvgIpc) is 3.03. The van der Waals surface area contributed by atoms with Crippen molar-refractivity contribution in [1.82, 2.24) is 20.5 Å². The minimum absolute atomic E-state index is 0.0379. The number of carbonyl (C=O) groups is 1. The van der Waals surface area contributed by atoms with E-state index >= 15 is 0 Å². The molecule has 0 atom stereocenters. The summed E-state index contributed by atoms with van der Waals surface area (Å²) in [6.07, 6.45) is 2.92. The predicted octanol–water partition coefficient (Wildman–Crippen LogP) is 3.05. The summed E-state index contributed by atoms with van der Waals surface area (Å²) in [7, 11) is 0. The zero-order chi connectivity index (χ0) is 17.6. The minimum atomic E-state index is -0.391. The Labute approximate surface area is 147 Å². The van der Waals surface area contributed by atoms with Gasteiger partial charge in [0.15, 0.2) is 0 Å². The van der Waals surface area contributed by atoms with Gasteiger partial charge in [0.1, 0.15) is 11.9 Å². The number of anilines is 1. The van der Waals surface area contributed by atoms with Gasteiger partial charge in [-0.2, -0.15) is 5.10 Å². The minimum Gasteiger partial charge on any atom is -0.446 e. The molecule has 0 aromatic carbocycles. The molecule has 1 amide bonds. The van der Waals surface area contributed by atoms with E-state index in [1.54, 1.807) is 6.20 Å². The maximum atomic E-state index is 11.8. The quantitative estimate of drug-likeness (QED) is 0.719. The molecule has 2 heterocycles. The number of nitrogens with zero attached hydrogens (tertiary/aromatic N) is 2. The van der Waals surface area contributed by atoms with E-state index in [0.29, 0.717) is 18.4 Å². The summed E-state index contributed by atoms with van der Waals surface area (Å²) in [6, 6.07) is 7.64. The monoisotopic (exact) mass is 343 g/mol. The number of aromatic amines is 1. The van der Waals surface area contributed by atoms with Gasteiger partial charge < -0.3 is 15.4 Å². The van der Waals surface area contributed by atoms with Crippen LogP contribution in [-0.2, 0) is 11.3 Å². The van der Waals surface area contributed by atoms with Crippen molar-refractivity contribution in [3.05, 3.63) is 41.9 Å². The van der Waals surface area contributed by atoms with E-state index in [1.165, 1.54) is 0 Å². The molecule has 7 heteroatoms. The molecule has 1 aliphatic carbocycles. The number of carbonyl (C=O) groups excluding carboxylic acids is 1. The van der Waals surface area contributed by atoms with Gasteiger partial charge in [0.2, 0.25) is 0 Å². The van der Waals surface area contributed by atoms with Gasteiger partial charge in [0.05, 0.1) is 12.2 Å². The molecule has 25 heavy (non-hydrogen) atoms. The third-order valence-corrected chi connectivity index (χ3v) is 4.24. The first-order valence-corrected chi connectivity index (χ1v) is 8.73. The van der Waals surface area contributed by atoms with Crippen molar-refractivity contribution in [1.29, 1.82) is 0 Å². The molecule has 134 valence electrons. The summed E-state index contributed by atoms with van der Waals surface area (Å²) >= 11 is 0.